The molecule has 0 radical (unpaired) electrons. The Morgan fingerprint density at radius 1 is 0.840 bits per heavy atom. The van der Waals surface area contributed by atoms with E-state index in [0.717, 1.165) is 61.7 Å². The third-order valence-electron chi connectivity index (χ3n) is 12.0. The minimum absolute atomic E-state index is 0.0480. The highest BCUT2D eigenvalue weighted by atomic mass is 35.5. The number of nitrogens with one attached hydrogen (secondary N) is 1. The summed E-state index contributed by atoms with van der Waals surface area (Å²) in [6, 6.07) is 24.1. The van der Waals surface area contributed by atoms with E-state index in [9.17, 15) is 18.0 Å². The molecule has 1 atom stereocenters. The van der Waals surface area contributed by atoms with Crippen molar-refractivity contribution in [2.24, 2.45) is 17.8 Å². The molecular weight excluding hydrogens is 666 g/mol. The molecule has 3 aromatic rings. The number of rotatable bonds is 12. The van der Waals surface area contributed by atoms with Gasteiger partial charge in [-0.3, -0.25) is 13.9 Å². The lowest BCUT2D eigenvalue weighted by Gasteiger charge is -2.57. The van der Waals surface area contributed by atoms with Crippen LogP contribution in [0.4, 0.5) is 5.69 Å². The van der Waals surface area contributed by atoms with Crippen LogP contribution in [0.1, 0.15) is 87.3 Å². The second-order valence-electron chi connectivity index (χ2n) is 15.7. The van der Waals surface area contributed by atoms with Crippen LogP contribution in [0, 0.1) is 17.8 Å². The molecule has 8 rings (SSSR count). The number of hydrogen-bond donors (Lipinski definition) is 1. The van der Waals surface area contributed by atoms with Crippen molar-refractivity contribution in [3.63, 3.8) is 0 Å². The van der Waals surface area contributed by atoms with Gasteiger partial charge in [-0.15, -0.1) is 0 Å². The molecule has 5 saturated carbocycles. The largest absolute Gasteiger partial charge is 0.352 e. The maximum Gasteiger partial charge on any atom is 0.244 e. The summed E-state index contributed by atoms with van der Waals surface area (Å²) < 4.78 is 28.0. The van der Waals surface area contributed by atoms with E-state index < -0.39 is 28.5 Å². The van der Waals surface area contributed by atoms with Gasteiger partial charge in [0.15, 0.2) is 0 Å². The molecule has 0 aromatic heterocycles. The SMILES string of the molecule is CS(=O)(=O)N(CC(=O)N(Cc1ccccc1Cl)[C@@H](Cc1ccccc1)C(=O)NC1CCCCC1)c1ccc(C23CC4CC(CC(C4)C2)C3)cc1. The number of halogens is 1. The van der Waals surface area contributed by atoms with Crippen LogP contribution in [-0.4, -0.2) is 50.0 Å². The van der Waals surface area contributed by atoms with E-state index >= 15 is 0 Å². The van der Waals surface area contributed by atoms with Crippen LogP contribution >= 0.6 is 11.6 Å². The molecule has 1 N–H and O–H groups in total. The van der Waals surface area contributed by atoms with Crippen LogP contribution in [0.15, 0.2) is 78.9 Å². The van der Waals surface area contributed by atoms with Crippen LogP contribution < -0.4 is 9.62 Å². The summed E-state index contributed by atoms with van der Waals surface area (Å²) in [4.78, 5) is 30.4. The van der Waals surface area contributed by atoms with E-state index in [1.807, 2.05) is 60.7 Å². The average Bonchev–Trinajstić information content (AvgIpc) is 3.09. The summed E-state index contributed by atoms with van der Waals surface area (Å²) in [5.41, 5.74) is 3.53. The first-order valence-corrected chi connectivity index (χ1v) is 20.7. The van der Waals surface area contributed by atoms with Crippen molar-refractivity contribution < 1.29 is 18.0 Å². The number of amides is 2. The van der Waals surface area contributed by atoms with Gasteiger partial charge in [0, 0.05) is 24.0 Å². The Morgan fingerprint density at radius 2 is 1.44 bits per heavy atom. The average molecular weight is 716 g/mol. The highest BCUT2D eigenvalue weighted by Gasteiger charge is 2.51. The van der Waals surface area contributed by atoms with Crippen LogP contribution in [0.5, 0.6) is 0 Å². The second-order valence-corrected chi connectivity index (χ2v) is 18.0. The molecule has 9 heteroatoms. The van der Waals surface area contributed by atoms with Crippen LogP contribution in [0.2, 0.25) is 5.02 Å². The van der Waals surface area contributed by atoms with Gasteiger partial charge in [-0.05, 0) is 109 Å². The predicted octanol–water partition coefficient (Wildman–Crippen LogP) is 7.66. The molecule has 5 aliphatic carbocycles. The Bertz CT molecular complexity index is 1740. The van der Waals surface area contributed by atoms with Gasteiger partial charge in [-0.2, -0.15) is 0 Å². The summed E-state index contributed by atoms with van der Waals surface area (Å²) in [6.07, 6.45) is 14.2. The van der Waals surface area contributed by atoms with Crippen molar-refractivity contribution in [1.29, 1.82) is 0 Å². The molecule has 5 aliphatic rings. The number of sulfonamides is 1. The van der Waals surface area contributed by atoms with Crippen LogP contribution in [0.25, 0.3) is 0 Å². The third-order valence-corrected chi connectivity index (χ3v) is 13.5. The molecule has 0 aliphatic heterocycles. The first-order valence-electron chi connectivity index (χ1n) is 18.5. The van der Waals surface area contributed by atoms with Crippen molar-refractivity contribution in [3.05, 3.63) is 101 Å². The molecular formula is C41H50ClN3O4S. The van der Waals surface area contributed by atoms with Gasteiger partial charge < -0.3 is 10.2 Å². The minimum atomic E-state index is -3.85. The Hall–Kier alpha value is -3.36. The molecule has 0 heterocycles. The number of carbonyl (C=O) groups is 2. The molecule has 0 saturated heterocycles. The van der Waals surface area contributed by atoms with Gasteiger partial charge in [0.2, 0.25) is 21.8 Å². The van der Waals surface area contributed by atoms with Crippen molar-refractivity contribution in [3.8, 4) is 0 Å². The van der Waals surface area contributed by atoms with Crippen molar-refractivity contribution in [2.75, 3.05) is 17.1 Å². The topological polar surface area (TPSA) is 86.8 Å². The monoisotopic (exact) mass is 715 g/mol. The standard InChI is InChI=1S/C41H50ClN3O4S/c1-50(48,49)45(36-18-16-34(17-19-36)41-24-30-20-31(25-41)22-32(21-30)26-41)28-39(46)44(27-33-12-8-9-15-37(33)42)38(23-29-10-4-2-5-11-29)40(47)43-35-13-6-3-7-14-35/h2,4-5,8-12,15-19,30-32,35,38H,3,6-7,13-14,20-28H2,1H3,(H,43,47)/t30?,31?,32?,38-,41?/m0/s1. The molecule has 2 amide bonds. The second kappa shape index (κ2) is 14.7. The van der Waals surface area contributed by atoms with E-state index in [1.54, 1.807) is 6.07 Å². The quantitative estimate of drug-likeness (QED) is 0.209. The Labute approximate surface area is 302 Å². The predicted molar refractivity (Wildman–Crippen MR) is 199 cm³/mol. The highest BCUT2D eigenvalue weighted by Crippen LogP contribution is 2.60. The normalized spacial score (nSPS) is 25.2. The minimum Gasteiger partial charge on any atom is -0.352 e. The van der Waals surface area contributed by atoms with Crippen molar-refractivity contribution >= 4 is 39.1 Å². The van der Waals surface area contributed by atoms with E-state index in [0.29, 0.717) is 16.3 Å². The number of carbonyl (C=O) groups excluding carboxylic acids is 2. The molecule has 0 unspecified atom stereocenters. The lowest BCUT2D eigenvalue weighted by atomic mass is 9.48. The molecule has 4 bridgehead atoms. The number of hydrogen-bond acceptors (Lipinski definition) is 4. The Morgan fingerprint density at radius 3 is 2.04 bits per heavy atom. The Kier molecular flexibility index (Phi) is 10.3. The summed E-state index contributed by atoms with van der Waals surface area (Å²) >= 11 is 6.63. The van der Waals surface area contributed by atoms with E-state index in [2.05, 4.69) is 17.4 Å². The number of nitrogens with zero attached hydrogens (tertiary/aromatic N) is 2. The first kappa shape index (κ1) is 35.1. The zero-order valence-electron chi connectivity index (χ0n) is 29.1. The van der Waals surface area contributed by atoms with Gasteiger partial charge in [-0.25, -0.2) is 8.42 Å². The summed E-state index contributed by atoms with van der Waals surface area (Å²) in [5.74, 6) is 1.71. The van der Waals surface area contributed by atoms with Crippen molar-refractivity contribution in [2.45, 2.75) is 101 Å². The zero-order chi connectivity index (χ0) is 34.9. The third kappa shape index (κ3) is 7.76. The van der Waals surface area contributed by atoms with Gasteiger partial charge >= 0.3 is 0 Å². The zero-order valence-corrected chi connectivity index (χ0v) is 30.7. The van der Waals surface area contributed by atoms with Gasteiger partial charge in [0.25, 0.3) is 0 Å². The van der Waals surface area contributed by atoms with Crippen LogP contribution in [-0.2, 0) is 38.0 Å². The highest BCUT2D eigenvalue weighted by molar-refractivity contribution is 7.92. The van der Waals surface area contributed by atoms with Gasteiger partial charge in [0.1, 0.15) is 12.6 Å². The molecule has 5 fully saturated rings. The fraction of sp³-hybridized carbons (Fsp3) is 0.512. The number of benzene rings is 3. The maximum atomic E-state index is 14.6. The lowest BCUT2D eigenvalue weighted by molar-refractivity contribution is -0.140. The summed E-state index contributed by atoms with van der Waals surface area (Å²) in [5, 5.41) is 3.74. The molecule has 3 aromatic carbocycles. The van der Waals surface area contributed by atoms with Crippen LogP contribution in [0.3, 0.4) is 0 Å². The van der Waals surface area contributed by atoms with Crippen molar-refractivity contribution in [1.82, 2.24) is 10.2 Å². The Balaban J connectivity index is 1.19. The molecule has 50 heavy (non-hydrogen) atoms. The van der Waals surface area contributed by atoms with E-state index in [-0.39, 0.29) is 30.3 Å². The number of anilines is 1. The molecule has 0 spiro atoms. The fourth-order valence-electron chi connectivity index (χ4n) is 9.97. The van der Waals surface area contributed by atoms with Gasteiger partial charge in [0.05, 0.1) is 11.9 Å². The summed E-state index contributed by atoms with van der Waals surface area (Å²) in [7, 11) is -3.85. The van der Waals surface area contributed by atoms with E-state index in [4.69, 9.17) is 11.6 Å². The molecule has 7 nitrogen and oxygen atoms in total. The van der Waals surface area contributed by atoms with Gasteiger partial charge in [-0.1, -0.05) is 91.5 Å². The smallest absolute Gasteiger partial charge is 0.244 e. The lowest BCUT2D eigenvalue weighted by Crippen LogP contribution is -2.55. The summed E-state index contributed by atoms with van der Waals surface area (Å²) in [6.45, 7) is -0.362. The van der Waals surface area contributed by atoms with E-state index in [1.165, 1.54) is 53.3 Å². The first-order chi connectivity index (χ1) is 24.1. The maximum absolute atomic E-state index is 14.6. The molecule has 266 valence electrons. The fourth-order valence-corrected chi connectivity index (χ4v) is 11.0.